The molecule has 0 amide bonds. The van der Waals surface area contributed by atoms with Crippen LogP contribution < -0.4 is 33.7 Å². The third-order valence-electron chi connectivity index (χ3n) is 1.19. The molecule has 0 fully saturated rings. The molecule has 0 aliphatic carbocycles. The molecule has 12 heavy (non-hydrogen) atoms. The molecule has 0 spiro atoms. The van der Waals surface area contributed by atoms with E-state index in [4.69, 9.17) is 0 Å². The van der Waals surface area contributed by atoms with Crippen molar-refractivity contribution in [3.05, 3.63) is 29.8 Å². The maximum absolute atomic E-state index is 10.0. The van der Waals surface area contributed by atoms with Gasteiger partial charge in [-0.1, -0.05) is 17.7 Å². The molecule has 1 unspecified atom stereocenters. The molecule has 1 atom stereocenters. The summed E-state index contributed by atoms with van der Waals surface area (Å²) in [6.07, 6.45) is 0. The Bertz CT molecular complexity index is 260. The Labute approximate surface area is 95.9 Å². The molecule has 0 bridgehead atoms. The second-order valence-electron chi connectivity index (χ2n) is 2.10. The molecule has 60 valence electrons. The van der Waals surface area contributed by atoms with Crippen LogP contribution in [-0.2, 0) is 11.4 Å². The van der Waals surface area contributed by atoms with Gasteiger partial charge in [-0.05, 0) is 19.1 Å². The first-order valence-corrected chi connectivity index (χ1v) is 4.03. The van der Waals surface area contributed by atoms with Crippen LogP contribution in [0.4, 0.5) is 0 Å². The van der Waals surface area contributed by atoms with Crippen molar-refractivity contribution in [3.8, 4) is 5.75 Å². The predicted octanol–water partition coefficient (Wildman–Crippen LogP) is -1.83. The summed E-state index contributed by atoms with van der Waals surface area (Å²) in [6.45, 7) is 1.91. The quantitative estimate of drug-likeness (QED) is 0.411. The second kappa shape index (κ2) is 5.72. The third-order valence-corrected chi connectivity index (χ3v) is 1.51. The Balaban J connectivity index is 0.00000121. The molecule has 0 N–H and O–H groups in total. The molecule has 3 nitrogen and oxygen atoms in total. The minimum Gasteiger partial charge on any atom is -0.740 e. The molecule has 0 aromatic heterocycles. The van der Waals surface area contributed by atoms with E-state index >= 15 is 0 Å². The standard InChI is InChI=1S/C7H8O3S.Na/c1-6-2-4-7(5-3-6)10-11(8)9;/h2-5H,1H3,(H,8,9);/q;+1/p-1. The van der Waals surface area contributed by atoms with Gasteiger partial charge in [0.05, 0.1) is 0 Å². The summed E-state index contributed by atoms with van der Waals surface area (Å²) < 4.78 is 24.4. The Morgan fingerprint density at radius 2 is 1.83 bits per heavy atom. The number of benzene rings is 1. The summed E-state index contributed by atoms with van der Waals surface area (Å²) >= 11 is -2.47. The van der Waals surface area contributed by atoms with Crippen molar-refractivity contribution < 1.29 is 42.5 Å². The zero-order valence-corrected chi connectivity index (χ0v) is 9.76. The molecule has 0 heterocycles. The fourth-order valence-electron chi connectivity index (χ4n) is 0.672. The van der Waals surface area contributed by atoms with Crippen molar-refractivity contribution in [3.63, 3.8) is 0 Å². The van der Waals surface area contributed by atoms with Crippen LogP contribution in [0.5, 0.6) is 5.75 Å². The number of hydrogen-bond acceptors (Lipinski definition) is 3. The first kappa shape index (κ1) is 12.1. The van der Waals surface area contributed by atoms with Crippen molar-refractivity contribution >= 4 is 11.4 Å². The van der Waals surface area contributed by atoms with Crippen LogP contribution in [0, 0.1) is 6.92 Å². The van der Waals surface area contributed by atoms with Crippen LogP contribution in [0.2, 0.25) is 0 Å². The van der Waals surface area contributed by atoms with Crippen molar-refractivity contribution in [1.29, 1.82) is 0 Å². The van der Waals surface area contributed by atoms with Gasteiger partial charge < -0.3 is 8.74 Å². The van der Waals surface area contributed by atoms with Crippen LogP contribution in [-0.4, -0.2) is 8.76 Å². The van der Waals surface area contributed by atoms with Gasteiger partial charge in [0, 0.05) is 0 Å². The van der Waals surface area contributed by atoms with E-state index in [0.29, 0.717) is 5.75 Å². The fraction of sp³-hybridized carbons (Fsp3) is 0.143. The maximum atomic E-state index is 10.0. The Morgan fingerprint density at radius 1 is 1.33 bits per heavy atom. The Hall–Kier alpha value is 0.130. The van der Waals surface area contributed by atoms with Gasteiger partial charge in [0.15, 0.2) is 0 Å². The third kappa shape index (κ3) is 4.23. The van der Waals surface area contributed by atoms with E-state index in [0.717, 1.165) is 5.56 Å². The van der Waals surface area contributed by atoms with Crippen LogP contribution in [0.15, 0.2) is 24.3 Å². The van der Waals surface area contributed by atoms with Gasteiger partial charge in [0.25, 0.3) is 0 Å². The molecule has 0 saturated heterocycles. The van der Waals surface area contributed by atoms with E-state index in [-0.39, 0.29) is 29.6 Å². The zero-order valence-electron chi connectivity index (χ0n) is 6.94. The topological polar surface area (TPSA) is 49.4 Å². The Kier molecular flexibility index (Phi) is 5.78. The van der Waals surface area contributed by atoms with Crippen molar-refractivity contribution in [2.24, 2.45) is 0 Å². The van der Waals surface area contributed by atoms with Crippen LogP contribution in [0.3, 0.4) is 0 Å². The summed E-state index contributed by atoms with van der Waals surface area (Å²) in [5.74, 6) is 0.337. The molecule has 0 aliphatic heterocycles. The average Bonchev–Trinajstić information content (AvgIpc) is 1.93. The van der Waals surface area contributed by atoms with Gasteiger partial charge in [-0.3, -0.25) is 0 Å². The van der Waals surface area contributed by atoms with Gasteiger partial charge in [-0.2, -0.15) is 0 Å². The van der Waals surface area contributed by atoms with Gasteiger partial charge in [-0.25, -0.2) is 4.21 Å². The molecular weight excluding hydrogens is 187 g/mol. The van der Waals surface area contributed by atoms with E-state index < -0.39 is 11.4 Å². The molecular formula is C7H7NaO3S. The van der Waals surface area contributed by atoms with E-state index in [9.17, 15) is 8.76 Å². The number of hydrogen-bond donors (Lipinski definition) is 0. The predicted molar refractivity (Wildman–Crippen MR) is 40.7 cm³/mol. The summed E-state index contributed by atoms with van der Waals surface area (Å²) in [7, 11) is 0. The zero-order chi connectivity index (χ0) is 8.27. The van der Waals surface area contributed by atoms with Gasteiger partial charge in [0.1, 0.15) is 17.1 Å². The summed E-state index contributed by atoms with van der Waals surface area (Å²) in [5.41, 5.74) is 1.06. The Morgan fingerprint density at radius 3 is 2.25 bits per heavy atom. The van der Waals surface area contributed by atoms with E-state index in [1.165, 1.54) is 0 Å². The first-order chi connectivity index (χ1) is 5.18. The minimum absolute atomic E-state index is 0. The SMILES string of the molecule is Cc1ccc(OS(=O)[O-])cc1.[Na+]. The summed E-state index contributed by atoms with van der Waals surface area (Å²) in [4.78, 5) is 0. The largest absolute Gasteiger partial charge is 1.00 e. The number of aryl methyl sites for hydroxylation is 1. The van der Waals surface area contributed by atoms with E-state index in [1.807, 2.05) is 6.92 Å². The van der Waals surface area contributed by atoms with Crippen LogP contribution in [0.25, 0.3) is 0 Å². The summed E-state index contributed by atoms with van der Waals surface area (Å²) in [5, 5.41) is 0. The fourth-order valence-corrected chi connectivity index (χ4v) is 0.941. The van der Waals surface area contributed by atoms with Crippen molar-refractivity contribution in [2.75, 3.05) is 0 Å². The molecule has 0 saturated carbocycles. The molecule has 1 rings (SSSR count). The van der Waals surface area contributed by atoms with E-state index in [2.05, 4.69) is 4.18 Å². The average molecular weight is 194 g/mol. The van der Waals surface area contributed by atoms with Crippen molar-refractivity contribution in [2.45, 2.75) is 6.92 Å². The number of rotatable bonds is 2. The second-order valence-corrected chi connectivity index (χ2v) is 2.68. The first-order valence-electron chi connectivity index (χ1n) is 3.03. The van der Waals surface area contributed by atoms with Gasteiger partial charge >= 0.3 is 29.6 Å². The molecule has 5 heteroatoms. The van der Waals surface area contributed by atoms with Crippen molar-refractivity contribution in [1.82, 2.24) is 0 Å². The molecule has 1 aromatic rings. The van der Waals surface area contributed by atoms with Crippen LogP contribution in [0.1, 0.15) is 5.56 Å². The van der Waals surface area contributed by atoms with Gasteiger partial charge in [0.2, 0.25) is 0 Å². The van der Waals surface area contributed by atoms with E-state index in [1.54, 1.807) is 24.3 Å². The minimum atomic E-state index is -2.47. The maximum Gasteiger partial charge on any atom is 1.00 e. The van der Waals surface area contributed by atoms with Crippen LogP contribution >= 0.6 is 0 Å². The van der Waals surface area contributed by atoms with Gasteiger partial charge in [-0.15, -0.1) is 0 Å². The molecule has 0 aliphatic rings. The monoisotopic (exact) mass is 194 g/mol. The summed E-state index contributed by atoms with van der Waals surface area (Å²) in [6, 6.07) is 6.76. The molecule has 1 aromatic carbocycles. The molecule has 0 radical (unpaired) electrons. The normalized spacial score (nSPS) is 11.5. The smallest absolute Gasteiger partial charge is 0.740 e.